The van der Waals surface area contributed by atoms with Gasteiger partial charge in [-0.1, -0.05) is 25.4 Å². The van der Waals surface area contributed by atoms with Crippen molar-refractivity contribution in [3.63, 3.8) is 0 Å². The number of hydrogen-bond acceptors (Lipinski definition) is 4. The molecule has 0 heterocycles. The summed E-state index contributed by atoms with van der Waals surface area (Å²) in [6.07, 6.45) is 0.668. The lowest BCUT2D eigenvalue weighted by Crippen LogP contribution is -2.61. The van der Waals surface area contributed by atoms with Crippen molar-refractivity contribution in [2.24, 2.45) is 5.41 Å². The monoisotopic (exact) mass is 328 g/mol. The van der Waals surface area contributed by atoms with Crippen molar-refractivity contribution < 1.29 is 13.2 Å². The minimum Gasteiger partial charge on any atom is -0.381 e. The van der Waals surface area contributed by atoms with E-state index in [2.05, 4.69) is 4.72 Å². The van der Waals surface area contributed by atoms with Crippen LogP contribution in [0.1, 0.15) is 25.8 Å². The van der Waals surface area contributed by atoms with Gasteiger partial charge in [-0.2, -0.15) is 5.26 Å². The largest absolute Gasteiger partial charge is 0.381 e. The predicted molar refractivity (Wildman–Crippen MR) is 79.5 cm³/mol. The SMILES string of the molecule is COC1CC(NS(=O)(=O)c2ccc(C#N)c(Cl)c2)C1(C)C. The fraction of sp³-hybridized carbons (Fsp3) is 0.500. The average molecular weight is 329 g/mol. The summed E-state index contributed by atoms with van der Waals surface area (Å²) in [7, 11) is -2.05. The van der Waals surface area contributed by atoms with E-state index in [9.17, 15) is 8.42 Å². The Morgan fingerprint density at radius 3 is 2.62 bits per heavy atom. The molecule has 1 saturated carbocycles. The van der Waals surface area contributed by atoms with Crippen LogP contribution >= 0.6 is 11.6 Å². The molecule has 1 aromatic rings. The highest BCUT2D eigenvalue weighted by atomic mass is 35.5. The average Bonchev–Trinajstić information content (AvgIpc) is 2.42. The summed E-state index contributed by atoms with van der Waals surface area (Å²) in [6, 6.07) is 5.79. The number of halogens is 1. The number of hydrogen-bond donors (Lipinski definition) is 1. The molecule has 1 aromatic carbocycles. The molecule has 114 valence electrons. The van der Waals surface area contributed by atoms with E-state index in [1.807, 2.05) is 19.9 Å². The summed E-state index contributed by atoms with van der Waals surface area (Å²) in [5.41, 5.74) is -0.0166. The lowest BCUT2D eigenvalue weighted by Gasteiger charge is -2.50. The van der Waals surface area contributed by atoms with Crippen molar-refractivity contribution in [2.45, 2.75) is 37.3 Å². The zero-order valence-corrected chi connectivity index (χ0v) is 13.6. The second-order valence-corrected chi connectivity index (χ2v) is 7.83. The molecule has 7 heteroatoms. The summed E-state index contributed by atoms with van der Waals surface area (Å²) >= 11 is 5.89. The Morgan fingerprint density at radius 2 is 2.14 bits per heavy atom. The molecule has 1 aliphatic rings. The third kappa shape index (κ3) is 2.92. The third-order valence-corrected chi connectivity index (χ3v) is 5.91. The molecule has 5 nitrogen and oxygen atoms in total. The second kappa shape index (κ2) is 5.58. The van der Waals surface area contributed by atoms with Crippen molar-refractivity contribution in [3.05, 3.63) is 28.8 Å². The van der Waals surface area contributed by atoms with Crippen LogP contribution < -0.4 is 4.72 Å². The van der Waals surface area contributed by atoms with Gasteiger partial charge in [-0.25, -0.2) is 13.1 Å². The van der Waals surface area contributed by atoms with Gasteiger partial charge in [-0.3, -0.25) is 0 Å². The van der Waals surface area contributed by atoms with Gasteiger partial charge in [0.15, 0.2) is 0 Å². The quantitative estimate of drug-likeness (QED) is 0.919. The van der Waals surface area contributed by atoms with Crippen molar-refractivity contribution in [1.82, 2.24) is 4.72 Å². The molecule has 0 bridgehead atoms. The van der Waals surface area contributed by atoms with Gasteiger partial charge in [0, 0.05) is 18.6 Å². The Kier molecular flexibility index (Phi) is 4.31. The molecule has 0 amide bonds. The summed E-state index contributed by atoms with van der Waals surface area (Å²) in [6.45, 7) is 3.92. The van der Waals surface area contributed by atoms with E-state index in [1.54, 1.807) is 7.11 Å². The zero-order valence-electron chi connectivity index (χ0n) is 12.1. The lowest BCUT2D eigenvalue weighted by atomic mass is 9.65. The topological polar surface area (TPSA) is 79.2 Å². The van der Waals surface area contributed by atoms with Gasteiger partial charge in [-0.05, 0) is 24.6 Å². The Labute approximate surface area is 129 Å². The van der Waals surface area contributed by atoms with E-state index in [-0.39, 0.29) is 33.0 Å². The van der Waals surface area contributed by atoms with Gasteiger partial charge in [0.1, 0.15) is 6.07 Å². The van der Waals surface area contributed by atoms with E-state index in [1.165, 1.54) is 18.2 Å². The number of ether oxygens (including phenoxy) is 1. The van der Waals surface area contributed by atoms with Crippen LogP contribution in [0.3, 0.4) is 0 Å². The van der Waals surface area contributed by atoms with Crippen molar-refractivity contribution in [3.8, 4) is 6.07 Å². The van der Waals surface area contributed by atoms with Crippen LogP contribution in [-0.2, 0) is 14.8 Å². The number of sulfonamides is 1. The Hall–Kier alpha value is -1.13. The van der Waals surface area contributed by atoms with Crippen LogP contribution in [0, 0.1) is 16.7 Å². The third-order valence-electron chi connectivity index (χ3n) is 4.13. The van der Waals surface area contributed by atoms with Crippen LogP contribution in [0.15, 0.2) is 23.1 Å². The van der Waals surface area contributed by atoms with E-state index < -0.39 is 10.0 Å². The first kappa shape index (κ1) is 16.2. The van der Waals surface area contributed by atoms with E-state index in [0.717, 1.165) is 0 Å². The highest BCUT2D eigenvalue weighted by Gasteiger charge is 2.50. The second-order valence-electron chi connectivity index (χ2n) is 5.71. The Balaban J connectivity index is 2.21. The van der Waals surface area contributed by atoms with Gasteiger partial charge in [-0.15, -0.1) is 0 Å². The molecule has 0 aromatic heterocycles. The molecule has 1 aliphatic carbocycles. The highest BCUT2D eigenvalue weighted by molar-refractivity contribution is 7.89. The molecule has 2 unspecified atom stereocenters. The van der Waals surface area contributed by atoms with Gasteiger partial charge < -0.3 is 4.74 Å². The van der Waals surface area contributed by atoms with Crippen molar-refractivity contribution in [1.29, 1.82) is 5.26 Å². The molecule has 1 N–H and O–H groups in total. The van der Waals surface area contributed by atoms with Crippen molar-refractivity contribution >= 4 is 21.6 Å². The van der Waals surface area contributed by atoms with Crippen LogP contribution in [0.25, 0.3) is 0 Å². The zero-order chi connectivity index (χ0) is 15.8. The number of rotatable bonds is 4. The van der Waals surface area contributed by atoms with E-state index >= 15 is 0 Å². The fourth-order valence-corrected chi connectivity index (χ4v) is 4.21. The molecular formula is C14H17ClN2O3S. The lowest BCUT2D eigenvalue weighted by molar-refractivity contribution is -0.0908. The number of nitrogens with one attached hydrogen (secondary N) is 1. The molecule has 21 heavy (non-hydrogen) atoms. The maximum Gasteiger partial charge on any atom is 0.240 e. The summed E-state index contributed by atoms with van der Waals surface area (Å²) in [4.78, 5) is 0.0585. The van der Waals surface area contributed by atoms with Crippen LogP contribution in [0.2, 0.25) is 5.02 Å². The number of nitrogens with zero attached hydrogens (tertiary/aromatic N) is 1. The highest BCUT2D eigenvalue weighted by Crippen LogP contribution is 2.43. The molecular weight excluding hydrogens is 312 g/mol. The summed E-state index contributed by atoms with van der Waals surface area (Å²) in [5, 5.41) is 8.94. The smallest absolute Gasteiger partial charge is 0.240 e. The van der Waals surface area contributed by atoms with E-state index in [0.29, 0.717) is 6.42 Å². The van der Waals surface area contributed by atoms with Crippen molar-refractivity contribution in [2.75, 3.05) is 7.11 Å². The minimum atomic E-state index is -3.67. The summed E-state index contributed by atoms with van der Waals surface area (Å²) < 4.78 is 32.7. The molecule has 1 fully saturated rings. The molecule has 2 atom stereocenters. The Morgan fingerprint density at radius 1 is 1.48 bits per heavy atom. The van der Waals surface area contributed by atoms with E-state index in [4.69, 9.17) is 21.6 Å². The maximum absolute atomic E-state index is 12.4. The van der Waals surface area contributed by atoms with Crippen LogP contribution in [0.5, 0.6) is 0 Å². The first-order valence-corrected chi connectivity index (χ1v) is 8.33. The minimum absolute atomic E-state index is 0.0368. The molecule has 0 saturated heterocycles. The number of benzene rings is 1. The standard InChI is InChI=1S/C14H17ClN2O3S/c1-14(2)12(7-13(14)20-3)17-21(18,19)10-5-4-9(8-16)11(15)6-10/h4-6,12-13,17H,7H2,1-3H3. The normalized spacial score (nSPS) is 24.1. The molecule has 2 rings (SSSR count). The van der Waals surface area contributed by atoms with Gasteiger partial charge >= 0.3 is 0 Å². The molecule has 0 spiro atoms. The maximum atomic E-state index is 12.4. The predicted octanol–water partition coefficient (Wildman–Crippen LogP) is 2.30. The van der Waals surface area contributed by atoms with Gasteiger partial charge in [0.25, 0.3) is 0 Å². The van der Waals surface area contributed by atoms with Crippen LogP contribution in [-0.4, -0.2) is 27.7 Å². The van der Waals surface area contributed by atoms with Crippen LogP contribution in [0.4, 0.5) is 0 Å². The van der Waals surface area contributed by atoms with Gasteiger partial charge in [0.05, 0.1) is 21.6 Å². The number of methoxy groups -OCH3 is 1. The molecule has 0 aliphatic heterocycles. The fourth-order valence-electron chi connectivity index (χ4n) is 2.49. The molecule has 0 radical (unpaired) electrons. The number of nitriles is 1. The first-order chi connectivity index (χ1) is 9.72. The summed E-state index contributed by atoms with van der Waals surface area (Å²) in [5.74, 6) is 0. The first-order valence-electron chi connectivity index (χ1n) is 6.47. The van der Waals surface area contributed by atoms with Gasteiger partial charge in [0.2, 0.25) is 10.0 Å². The Bertz CT molecular complexity index is 695.